The predicted molar refractivity (Wildman–Crippen MR) is 109 cm³/mol. The Bertz CT molecular complexity index is 957. The molecule has 0 aromatic heterocycles. The lowest BCUT2D eigenvalue weighted by molar-refractivity contribution is -0.131. The molecule has 0 bridgehead atoms. The number of rotatable bonds is 8. The first kappa shape index (κ1) is 21.7. The Hall–Kier alpha value is -3.59. The number of esters is 1. The molecule has 0 aliphatic carbocycles. The number of carbonyl (C=O) groups is 4. The maximum absolute atomic E-state index is 12.2. The molecule has 2 aromatic rings. The van der Waals surface area contributed by atoms with Crippen LogP contribution in [0.5, 0.6) is 0 Å². The van der Waals surface area contributed by atoms with E-state index in [0.717, 1.165) is 17.0 Å². The average molecular weight is 414 g/mol. The summed E-state index contributed by atoms with van der Waals surface area (Å²) in [5.74, 6) is -2.58. The van der Waals surface area contributed by atoms with Crippen molar-refractivity contribution in [2.45, 2.75) is 4.90 Å². The van der Waals surface area contributed by atoms with Gasteiger partial charge in [-0.2, -0.15) is 0 Å². The molecule has 8 nitrogen and oxygen atoms in total. The SMILES string of the molecule is COC(=O)c1ccccc1NC(=O)CSc1cccc(NC(=O)/C=C/C(=O)O)c1. The maximum Gasteiger partial charge on any atom is 0.339 e. The van der Waals surface area contributed by atoms with Gasteiger partial charge in [0.15, 0.2) is 0 Å². The van der Waals surface area contributed by atoms with E-state index in [9.17, 15) is 19.2 Å². The highest BCUT2D eigenvalue weighted by atomic mass is 32.2. The van der Waals surface area contributed by atoms with Crippen LogP contribution in [0.25, 0.3) is 0 Å². The summed E-state index contributed by atoms with van der Waals surface area (Å²) in [6, 6.07) is 13.3. The Morgan fingerprint density at radius 1 is 1.03 bits per heavy atom. The van der Waals surface area contributed by atoms with Crippen molar-refractivity contribution in [1.82, 2.24) is 0 Å². The Morgan fingerprint density at radius 2 is 1.79 bits per heavy atom. The first-order valence-corrected chi connectivity index (χ1v) is 9.29. The molecule has 2 amide bonds. The lowest BCUT2D eigenvalue weighted by Gasteiger charge is -2.10. The molecule has 0 spiro atoms. The van der Waals surface area contributed by atoms with Crippen molar-refractivity contribution >= 4 is 46.9 Å². The highest BCUT2D eigenvalue weighted by Gasteiger charge is 2.13. The molecular formula is C20H18N2O6S. The normalized spacial score (nSPS) is 10.4. The summed E-state index contributed by atoms with van der Waals surface area (Å²) in [4.78, 5) is 46.8. The lowest BCUT2D eigenvalue weighted by atomic mass is 10.2. The van der Waals surface area contributed by atoms with E-state index in [-0.39, 0.29) is 17.2 Å². The summed E-state index contributed by atoms with van der Waals surface area (Å²) in [5, 5.41) is 13.7. The van der Waals surface area contributed by atoms with Gasteiger partial charge in [0.1, 0.15) is 0 Å². The number of amides is 2. The van der Waals surface area contributed by atoms with Crippen LogP contribution in [-0.2, 0) is 19.1 Å². The molecule has 150 valence electrons. The Labute approximate surface area is 170 Å². The van der Waals surface area contributed by atoms with Crippen molar-refractivity contribution in [3.63, 3.8) is 0 Å². The number of hydrogen-bond donors (Lipinski definition) is 3. The van der Waals surface area contributed by atoms with Gasteiger partial charge in [0.2, 0.25) is 11.8 Å². The smallest absolute Gasteiger partial charge is 0.339 e. The van der Waals surface area contributed by atoms with E-state index in [1.165, 1.54) is 18.9 Å². The van der Waals surface area contributed by atoms with Gasteiger partial charge in [-0.05, 0) is 30.3 Å². The van der Waals surface area contributed by atoms with Crippen molar-refractivity contribution in [2.24, 2.45) is 0 Å². The van der Waals surface area contributed by atoms with E-state index in [1.807, 2.05) is 0 Å². The van der Waals surface area contributed by atoms with Gasteiger partial charge in [0, 0.05) is 22.7 Å². The van der Waals surface area contributed by atoms with Crippen LogP contribution < -0.4 is 10.6 Å². The summed E-state index contributed by atoms with van der Waals surface area (Å²) in [5.41, 5.74) is 1.08. The number of para-hydroxylation sites is 1. The molecule has 0 unspecified atom stereocenters. The fraction of sp³-hybridized carbons (Fsp3) is 0.100. The van der Waals surface area contributed by atoms with Crippen LogP contribution in [0.15, 0.2) is 65.6 Å². The summed E-state index contributed by atoms with van der Waals surface area (Å²) in [6.45, 7) is 0. The summed E-state index contributed by atoms with van der Waals surface area (Å²) in [7, 11) is 1.26. The van der Waals surface area contributed by atoms with Crippen molar-refractivity contribution in [3.05, 3.63) is 66.2 Å². The highest BCUT2D eigenvalue weighted by Crippen LogP contribution is 2.23. The first-order chi connectivity index (χ1) is 13.9. The van der Waals surface area contributed by atoms with Crippen molar-refractivity contribution < 1.29 is 29.0 Å². The minimum Gasteiger partial charge on any atom is -0.478 e. The predicted octanol–water partition coefficient (Wildman–Crippen LogP) is 2.78. The molecular weight excluding hydrogens is 396 g/mol. The number of methoxy groups -OCH3 is 1. The molecule has 3 N–H and O–H groups in total. The molecule has 0 heterocycles. The number of carboxylic acid groups (broad SMARTS) is 1. The van der Waals surface area contributed by atoms with Gasteiger partial charge in [-0.3, -0.25) is 9.59 Å². The second kappa shape index (κ2) is 10.7. The molecule has 0 aliphatic heterocycles. The number of nitrogens with one attached hydrogen (secondary N) is 2. The number of aliphatic carboxylic acids is 1. The fourth-order valence-corrected chi connectivity index (χ4v) is 2.96. The van der Waals surface area contributed by atoms with Crippen LogP contribution in [0.2, 0.25) is 0 Å². The van der Waals surface area contributed by atoms with Crippen LogP contribution in [0, 0.1) is 0 Å². The number of carbonyl (C=O) groups excluding carboxylic acids is 3. The molecule has 9 heteroatoms. The molecule has 0 saturated carbocycles. The highest BCUT2D eigenvalue weighted by molar-refractivity contribution is 8.00. The Kier molecular flexibility index (Phi) is 7.99. The minimum absolute atomic E-state index is 0.0752. The van der Waals surface area contributed by atoms with E-state index in [0.29, 0.717) is 11.4 Å². The maximum atomic E-state index is 12.2. The minimum atomic E-state index is -1.22. The zero-order chi connectivity index (χ0) is 21.2. The van der Waals surface area contributed by atoms with Crippen molar-refractivity contribution in [1.29, 1.82) is 0 Å². The molecule has 0 fully saturated rings. The summed E-state index contributed by atoms with van der Waals surface area (Å²) < 4.78 is 4.70. The molecule has 2 aromatic carbocycles. The van der Waals surface area contributed by atoms with E-state index in [4.69, 9.17) is 9.84 Å². The van der Waals surface area contributed by atoms with Gasteiger partial charge in [-0.15, -0.1) is 11.8 Å². The average Bonchev–Trinajstić information content (AvgIpc) is 2.71. The Morgan fingerprint density at radius 3 is 2.52 bits per heavy atom. The first-order valence-electron chi connectivity index (χ1n) is 8.31. The van der Waals surface area contributed by atoms with Gasteiger partial charge in [0.05, 0.1) is 24.1 Å². The number of ether oxygens (including phenoxy) is 1. The zero-order valence-corrected chi connectivity index (χ0v) is 16.2. The lowest BCUT2D eigenvalue weighted by Crippen LogP contribution is -2.17. The van der Waals surface area contributed by atoms with Gasteiger partial charge < -0.3 is 20.5 Å². The molecule has 29 heavy (non-hydrogen) atoms. The molecule has 0 saturated heterocycles. The summed E-state index contributed by atoms with van der Waals surface area (Å²) in [6.07, 6.45) is 1.65. The zero-order valence-electron chi connectivity index (χ0n) is 15.4. The molecule has 0 radical (unpaired) electrons. The Balaban J connectivity index is 1.95. The van der Waals surface area contributed by atoms with Gasteiger partial charge in [-0.25, -0.2) is 9.59 Å². The van der Waals surface area contributed by atoms with E-state index in [2.05, 4.69) is 10.6 Å². The van der Waals surface area contributed by atoms with Crippen molar-refractivity contribution in [3.8, 4) is 0 Å². The van der Waals surface area contributed by atoms with Crippen LogP contribution in [0.1, 0.15) is 10.4 Å². The number of anilines is 2. The number of thioether (sulfide) groups is 1. The third kappa shape index (κ3) is 7.15. The summed E-state index contributed by atoms with van der Waals surface area (Å²) >= 11 is 1.24. The van der Waals surface area contributed by atoms with Crippen LogP contribution in [0.3, 0.4) is 0 Å². The van der Waals surface area contributed by atoms with Gasteiger partial charge >= 0.3 is 11.9 Å². The van der Waals surface area contributed by atoms with Crippen LogP contribution in [0.4, 0.5) is 11.4 Å². The third-order valence-corrected chi connectivity index (χ3v) is 4.45. The van der Waals surface area contributed by atoms with E-state index >= 15 is 0 Å². The van der Waals surface area contributed by atoms with E-state index < -0.39 is 17.8 Å². The molecule has 2 rings (SSSR count). The standard InChI is InChI=1S/C20H18N2O6S/c1-28-20(27)15-7-2-3-8-16(15)22-18(24)12-29-14-6-4-5-13(11-14)21-17(23)9-10-19(25)26/h2-11H,12H2,1H3,(H,21,23)(H,22,24)(H,25,26)/b10-9+. The van der Waals surface area contributed by atoms with Crippen LogP contribution >= 0.6 is 11.8 Å². The van der Waals surface area contributed by atoms with Crippen molar-refractivity contribution in [2.75, 3.05) is 23.5 Å². The van der Waals surface area contributed by atoms with Gasteiger partial charge in [-0.1, -0.05) is 18.2 Å². The molecule has 0 atom stereocenters. The quantitative estimate of drug-likeness (QED) is 0.345. The third-order valence-electron chi connectivity index (χ3n) is 3.46. The van der Waals surface area contributed by atoms with Crippen LogP contribution in [-0.4, -0.2) is 41.7 Å². The molecule has 0 aliphatic rings. The largest absolute Gasteiger partial charge is 0.478 e. The topological polar surface area (TPSA) is 122 Å². The fourth-order valence-electron chi connectivity index (χ4n) is 2.21. The van der Waals surface area contributed by atoms with E-state index in [1.54, 1.807) is 48.5 Å². The monoisotopic (exact) mass is 414 g/mol. The number of hydrogen-bond acceptors (Lipinski definition) is 6. The number of benzene rings is 2. The second-order valence-electron chi connectivity index (χ2n) is 5.56. The number of carboxylic acids is 1. The van der Waals surface area contributed by atoms with Gasteiger partial charge in [0.25, 0.3) is 0 Å². The second-order valence-corrected chi connectivity index (χ2v) is 6.61.